The van der Waals surface area contributed by atoms with Crippen LogP contribution < -0.4 is 58.2 Å². The van der Waals surface area contributed by atoms with E-state index in [4.69, 9.17) is 67.3 Å². The molecule has 2 unspecified atom stereocenters. The molecule has 0 aromatic heterocycles. The maximum atomic E-state index is 18.2. The van der Waals surface area contributed by atoms with E-state index >= 15 is 13.6 Å². The molecule has 8 amide bonds. The molecule has 14 atom stereocenters. The molecule has 8 aliphatic rings. The Balaban J connectivity index is 0.637. The number of amides is 8. The van der Waals surface area contributed by atoms with Gasteiger partial charge in [-0.3, -0.25) is 48.2 Å². The van der Waals surface area contributed by atoms with E-state index in [9.17, 15) is 48.3 Å². The van der Waals surface area contributed by atoms with Crippen LogP contribution in [0.15, 0.2) is 108 Å². The number of anilines is 2. The molecule has 11 rings (SSSR count). The zero-order chi connectivity index (χ0) is 99.2. The zero-order valence-corrected chi connectivity index (χ0v) is 81.4. The Labute approximate surface area is 813 Å². The number of hydrazine groups is 2. The van der Waals surface area contributed by atoms with Crippen molar-refractivity contribution in [1.82, 2.24) is 42.6 Å². The number of nitrogens with two attached hydrogens (primary N) is 1. The molecule has 11 N–H and O–H groups in total. The third-order valence-electron chi connectivity index (χ3n) is 27.2. The number of ketones is 3. The second kappa shape index (κ2) is 55.6. The number of hydrogen-bond donors (Lipinski definition) is 10. The largest absolute Gasteiger partial charge is 0.486 e. The number of primary amides is 1. The van der Waals surface area contributed by atoms with Gasteiger partial charge in [-0.15, -0.1) is 5.53 Å². The molecule has 3 aliphatic heterocycles. The van der Waals surface area contributed by atoms with Crippen LogP contribution in [0.25, 0.3) is 0 Å². The minimum absolute atomic E-state index is 0.00454. The number of ether oxygens (including phenoxy) is 13. The van der Waals surface area contributed by atoms with Gasteiger partial charge < -0.3 is 115 Å². The number of carbonyl (C=O) groups is 10. The highest BCUT2D eigenvalue weighted by molar-refractivity contribution is 6.02. The van der Waals surface area contributed by atoms with Gasteiger partial charge in [0.15, 0.2) is 29.1 Å². The number of para-hydroxylation sites is 1. The number of allylic oxidation sites excluding steroid dienone is 5. The van der Waals surface area contributed by atoms with Crippen LogP contribution in [0.1, 0.15) is 187 Å². The van der Waals surface area contributed by atoms with Crippen LogP contribution in [0, 0.1) is 46.3 Å². The predicted molar refractivity (Wildman–Crippen MR) is 510 cm³/mol. The zero-order valence-electron chi connectivity index (χ0n) is 81.4. The molecule has 3 saturated carbocycles. The maximum absolute atomic E-state index is 18.2. The van der Waals surface area contributed by atoms with E-state index in [-0.39, 0.29) is 184 Å². The summed E-state index contributed by atoms with van der Waals surface area (Å²) in [6.07, 6.45) is 4.88. The highest BCUT2D eigenvalue weighted by Crippen LogP contribution is 2.72. The Morgan fingerprint density at radius 3 is 1.98 bits per heavy atom. The lowest BCUT2D eigenvalue weighted by atomic mass is 9.44. The van der Waals surface area contributed by atoms with Gasteiger partial charge in [0.05, 0.1) is 161 Å². The molecule has 3 aromatic carbocycles. The molecule has 35 nitrogen and oxygen atoms in total. The van der Waals surface area contributed by atoms with E-state index < -0.39 is 130 Å². The molecule has 37 heteroatoms. The molecule has 4 fully saturated rings. The van der Waals surface area contributed by atoms with E-state index in [1.54, 1.807) is 37.8 Å². The number of hydrogen-bond acceptors (Lipinski definition) is 27. The number of unbranched alkanes of at least 4 members (excludes halogenated alkanes) is 1. The first-order valence-corrected chi connectivity index (χ1v) is 49.6. The van der Waals surface area contributed by atoms with Gasteiger partial charge in [-0.2, -0.15) is 0 Å². The van der Waals surface area contributed by atoms with Crippen LogP contribution in [0.4, 0.5) is 25.0 Å². The quantitative estimate of drug-likeness (QED) is 0.0187. The third-order valence-corrected chi connectivity index (χ3v) is 27.2. The van der Waals surface area contributed by atoms with Crippen LogP contribution in [0.3, 0.4) is 0 Å². The van der Waals surface area contributed by atoms with Crippen molar-refractivity contribution >= 4 is 70.2 Å². The fraction of sp³-hybridized carbons (Fsp3) is 0.647. The monoisotopic (exact) mass is 1950 g/mol. The standard InChI is InChI=1S/C102H145F2N11O24/c1-7-19-93-138-88-64-77-78-63-80(103)79-62-75(116)36-38-99(79,5)101(78,104)86(118)65-100(77,6)102(88,139-93)87(119)67-136-76-32-30-74(31-33-76)109-96(124)72(23-18-40-108-98(105)126)61-84(117)94(69(3)4)111-97(125)81(24-16-17-39-106-91(122)68-137-85-27-11-9-10-26-83-95(85)112-113-115(83)42-46-130-50-54-134-58-60-135-59-55-131-51-47-127-43-8-2)110-90(121)37-44-128-48-52-132-56-57-133-53-49-129-45-41-107-89(120)34-35-92(123)114-66-73-22-13-12-20-70(73)28-29-71-21-14-15-25-82(71)114/h12-15,20-22,25,30-33,36,38,62,69,72,77-78,80-81,85-86,88,93-94,112-113,118H,7-11,16-19,23-24,26-27,34-35,37,39-61,63-68H2,1-6H3,(H,106,122)(H,107,120)(H,109,124)(H,110,121)(H,111,125)(H3,105,108,126)/t72-,77+,78+,80+,81-,85?,86+,88-,93?,94+,99+,100+,101+,102-/m1/s1. The molecule has 3 heterocycles. The van der Waals surface area contributed by atoms with Crippen molar-refractivity contribution in [1.29, 1.82) is 0 Å². The van der Waals surface area contributed by atoms with Gasteiger partial charge in [0.25, 0.3) is 0 Å². The number of carbonyl (C=O) groups excluding carboxylic acids is 10. The van der Waals surface area contributed by atoms with Gasteiger partial charge >= 0.3 is 6.03 Å². The average molecular weight is 1950 g/mol. The highest BCUT2D eigenvalue weighted by atomic mass is 19.1. The van der Waals surface area contributed by atoms with Gasteiger partial charge in [0, 0.05) is 91.4 Å². The second-order valence-corrected chi connectivity index (χ2v) is 37.2. The average Bonchev–Trinajstić information content (AvgIpc) is 1.52. The van der Waals surface area contributed by atoms with Gasteiger partial charge in [-0.25, -0.2) is 13.6 Å². The summed E-state index contributed by atoms with van der Waals surface area (Å²) in [5.41, 5.74) is 10.3. The smallest absolute Gasteiger partial charge is 0.312 e. The fourth-order valence-electron chi connectivity index (χ4n) is 20.0. The molecule has 3 aromatic rings. The fourth-order valence-corrected chi connectivity index (χ4v) is 20.0. The number of alkyl halides is 2. The number of aliphatic hydroxyl groups is 1. The number of halogens is 2. The van der Waals surface area contributed by atoms with Crippen LogP contribution in [-0.4, -0.2) is 281 Å². The Bertz CT molecular complexity index is 4710. The number of urea groups is 1. The minimum atomic E-state index is -2.40. The van der Waals surface area contributed by atoms with Gasteiger partial charge in [0.2, 0.25) is 41.2 Å². The minimum Gasteiger partial charge on any atom is -0.486 e. The molecule has 139 heavy (non-hydrogen) atoms. The molecule has 766 valence electrons. The summed E-state index contributed by atoms with van der Waals surface area (Å²) in [6.45, 7) is 17.9. The van der Waals surface area contributed by atoms with Crippen molar-refractivity contribution in [3.63, 3.8) is 0 Å². The summed E-state index contributed by atoms with van der Waals surface area (Å²) in [6, 6.07) is 18.2. The van der Waals surface area contributed by atoms with Gasteiger partial charge in [-0.05, 0) is 168 Å². The molecular formula is C102H145F2N11O24. The van der Waals surface area contributed by atoms with Crippen molar-refractivity contribution in [2.45, 2.75) is 231 Å². The van der Waals surface area contributed by atoms with Crippen molar-refractivity contribution in [2.75, 3.05) is 169 Å². The number of Topliss-reactive ketones (excluding diaryl/α,β-unsaturated/α-hetero) is 2. The van der Waals surface area contributed by atoms with E-state index in [0.29, 0.717) is 110 Å². The molecule has 0 bridgehead atoms. The first kappa shape index (κ1) is 110. The van der Waals surface area contributed by atoms with Crippen molar-refractivity contribution in [2.24, 2.45) is 40.2 Å². The Hall–Kier alpha value is -9.76. The topological polar surface area (TPSA) is 440 Å². The number of rotatable bonds is 62. The van der Waals surface area contributed by atoms with Gasteiger partial charge in [0.1, 0.15) is 37.3 Å². The molecular weight excluding hydrogens is 1800 g/mol. The van der Waals surface area contributed by atoms with Crippen LogP contribution in [-0.2, 0) is 107 Å². The summed E-state index contributed by atoms with van der Waals surface area (Å²) in [7, 11) is 0. The molecule has 0 spiro atoms. The van der Waals surface area contributed by atoms with Crippen molar-refractivity contribution in [3.8, 4) is 17.6 Å². The molecule has 5 aliphatic carbocycles. The van der Waals surface area contributed by atoms with E-state index in [2.05, 4.69) is 61.6 Å². The predicted octanol–water partition coefficient (Wildman–Crippen LogP) is 8.40. The van der Waals surface area contributed by atoms with E-state index in [1.165, 1.54) is 31.2 Å². The Morgan fingerprint density at radius 1 is 0.655 bits per heavy atom. The summed E-state index contributed by atoms with van der Waals surface area (Å²) in [5.74, 6) is -0.760. The lowest BCUT2D eigenvalue weighted by Gasteiger charge is -2.63. The second-order valence-electron chi connectivity index (χ2n) is 37.2. The SMILES string of the molecule is CCCOCCOCCOCCOCCOCCN1NNC2=C1CCCCCC2OCC(=O)NCCCC[C@@H](NC(=O)CCOCCOCCOCCOCCNC(=O)CCC(=O)N1Cc2ccccc2C#Cc2ccccc21)C(=O)N[C@H](C(=O)C[C@@H](CCCNC(N)=O)C(=O)Nc1ccc(OCC(=O)[C@@]23OC(CCC)O[C@@H]2C[C@H]2[C@@H]4C[C@H](F)C5=CC(=O)C=C[C@]5(C)[C@@]4(F)[C@@H](O)C[C@@]23C)cc1)C(C)C. The summed E-state index contributed by atoms with van der Waals surface area (Å²) in [4.78, 5) is 139. The van der Waals surface area contributed by atoms with Crippen LogP contribution in [0.5, 0.6) is 5.75 Å². The number of fused-ring (bicyclic) bond motifs is 9. The summed E-state index contributed by atoms with van der Waals surface area (Å²) < 4.78 is 111. The van der Waals surface area contributed by atoms with Gasteiger partial charge in [-0.1, -0.05) is 102 Å². The van der Waals surface area contributed by atoms with Crippen molar-refractivity contribution in [3.05, 3.63) is 125 Å². The van der Waals surface area contributed by atoms with Crippen LogP contribution >= 0.6 is 0 Å². The number of nitrogens with one attached hydrogen (secondary N) is 8. The summed E-state index contributed by atoms with van der Waals surface area (Å²) >= 11 is 0. The first-order chi connectivity index (χ1) is 67.2. The normalized spacial score (nSPS) is 23.9. The maximum Gasteiger partial charge on any atom is 0.312 e. The van der Waals surface area contributed by atoms with E-state index in [0.717, 1.165) is 72.9 Å². The number of nitrogens with zero attached hydrogens (tertiary/aromatic N) is 2. The van der Waals surface area contributed by atoms with Crippen LogP contribution in [0.2, 0.25) is 0 Å². The van der Waals surface area contributed by atoms with E-state index in [1.807, 2.05) is 60.5 Å². The Kier molecular flexibility index (Phi) is 43.9. The summed E-state index contributed by atoms with van der Waals surface area (Å²) in [5, 5.41) is 31.0. The third kappa shape index (κ3) is 30.4. The Morgan fingerprint density at radius 2 is 1.29 bits per heavy atom. The lowest BCUT2D eigenvalue weighted by Crippen LogP contribution is -2.71. The highest BCUT2D eigenvalue weighted by Gasteiger charge is 2.80. The molecule has 0 radical (unpaired) electrons. The lowest BCUT2D eigenvalue weighted by molar-refractivity contribution is -0.234. The first-order valence-electron chi connectivity index (χ1n) is 49.6. The number of benzene rings is 3. The molecule has 1 saturated heterocycles. The van der Waals surface area contributed by atoms with Crippen molar-refractivity contribution < 1.29 is 123 Å². The number of aliphatic hydroxyl groups excluding tert-OH is 1.